The number of aromatic amines is 1. The molecule has 0 unspecified atom stereocenters. The minimum Gasteiger partial charge on any atom is -0.386 e. The fraction of sp³-hybridized carbons (Fsp3) is 0.600. The molecule has 9 heteroatoms. The Bertz CT molecular complexity index is 1020. The summed E-state index contributed by atoms with van der Waals surface area (Å²) in [6.45, 7) is 8.43. The highest BCUT2D eigenvalue weighted by molar-refractivity contribution is 5.76. The second-order valence-corrected chi connectivity index (χ2v) is 8.21. The molecule has 3 rings (SSSR count). The smallest absolute Gasteiger partial charge is 0.328 e. The molecular weight excluding hydrogens is 374 g/mol. The van der Waals surface area contributed by atoms with Crippen LogP contribution in [0.2, 0.25) is 0 Å². The largest absolute Gasteiger partial charge is 0.386 e. The SMILES string of the molecule is Cc1cc(C)n(CCCC(=O)N2CC[C@H](n3cc(C)c(=O)[nH]c3=O)[C@@](C)(O)C2)n1. The number of carbonyl (C=O) groups is 1. The van der Waals surface area contributed by atoms with Crippen LogP contribution in [0.3, 0.4) is 0 Å². The van der Waals surface area contributed by atoms with E-state index in [2.05, 4.69) is 10.1 Å². The second-order valence-electron chi connectivity index (χ2n) is 8.21. The summed E-state index contributed by atoms with van der Waals surface area (Å²) in [5, 5.41) is 15.4. The third kappa shape index (κ3) is 4.50. The van der Waals surface area contributed by atoms with E-state index >= 15 is 0 Å². The summed E-state index contributed by atoms with van der Waals surface area (Å²) in [5.74, 6) is -0.0183. The molecule has 2 aromatic heterocycles. The highest BCUT2D eigenvalue weighted by atomic mass is 16.3. The number of aryl methyl sites for hydroxylation is 4. The van der Waals surface area contributed by atoms with Crippen molar-refractivity contribution in [2.24, 2.45) is 0 Å². The van der Waals surface area contributed by atoms with Crippen molar-refractivity contribution in [3.8, 4) is 0 Å². The highest BCUT2D eigenvalue weighted by Crippen LogP contribution is 2.31. The van der Waals surface area contributed by atoms with Crippen LogP contribution >= 0.6 is 0 Å². The predicted octanol–water partition coefficient (Wildman–Crippen LogP) is 0.663. The number of hydrogen-bond donors (Lipinski definition) is 2. The number of hydrogen-bond acceptors (Lipinski definition) is 5. The Morgan fingerprint density at radius 1 is 1.34 bits per heavy atom. The predicted molar refractivity (Wildman–Crippen MR) is 108 cm³/mol. The van der Waals surface area contributed by atoms with Crippen LogP contribution in [0.4, 0.5) is 0 Å². The molecule has 3 heterocycles. The summed E-state index contributed by atoms with van der Waals surface area (Å²) in [4.78, 5) is 40.4. The van der Waals surface area contributed by atoms with Gasteiger partial charge in [-0.15, -0.1) is 0 Å². The van der Waals surface area contributed by atoms with Gasteiger partial charge in [-0.1, -0.05) is 0 Å². The van der Waals surface area contributed by atoms with Gasteiger partial charge in [0, 0.05) is 37.0 Å². The molecule has 9 nitrogen and oxygen atoms in total. The molecule has 0 aliphatic carbocycles. The molecular formula is C20H29N5O4. The highest BCUT2D eigenvalue weighted by Gasteiger charge is 2.41. The van der Waals surface area contributed by atoms with E-state index in [9.17, 15) is 19.5 Å². The molecule has 158 valence electrons. The Morgan fingerprint density at radius 2 is 2.07 bits per heavy atom. The van der Waals surface area contributed by atoms with E-state index in [1.54, 1.807) is 18.7 Å². The maximum absolute atomic E-state index is 12.6. The number of H-pyrrole nitrogens is 1. The number of nitrogens with zero attached hydrogens (tertiary/aromatic N) is 4. The zero-order valence-corrected chi connectivity index (χ0v) is 17.4. The fourth-order valence-electron chi connectivity index (χ4n) is 4.07. The van der Waals surface area contributed by atoms with Gasteiger partial charge in [0.15, 0.2) is 0 Å². The average molecular weight is 403 g/mol. The molecule has 2 aromatic rings. The van der Waals surface area contributed by atoms with Crippen molar-refractivity contribution in [3.63, 3.8) is 0 Å². The van der Waals surface area contributed by atoms with Crippen LogP contribution in [0, 0.1) is 20.8 Å². The number of amides is 1. The van der Waals surface area contributed by atoms with Crippen molar-refractivity contribution in [2.45, 2.75) is 65.1 Å². The topological polar surface area (TPSA) is 113 Å². The summed E-state index contributed by atoms with van der Waals surface area (Å²) in [6.07, 6.45) is 2.95. The monoisotopic (exact) mass is 403 g/mol. The van der Waals surface area contributed by atoms with Gasteiger partial charge in [0.05, 0.1) is 18.3 Å². The van der Waals surface area contributed by atoms with Gasteiger partial charge >= 0.3 is 5.69 Å². The molecule has 0 bridgehead atoms. The van der Waals surface area contributed by atoms with E-state index < -0.39 is 22.9 Å². The summed E-state index contributed by atoms with van der Waals surface area (Å²) in [5.41, 5.74) is 0.178. The van der Waals surface area contributed by atoms with Gasteiger partial charge in [0.2, 0.25) is 5.91 Å². The number of nitrogens with one attached hydrogen (secondary N) is 1. The van der Waals surface area contributed by atoms with Crippen LogP contribution in [0.5, 0.6) is 0 Å². The number of likely N-dealkylation sites (tertiary alicyclic amines) is 1. The molecule has 0 radical (unpaired) electrons. The molecule has 1 saturated heterocycles. The summed E-state index contributed by atoms with van der Waals surface area (Å²) in [7, 11) is 0. The first-order valence-corrected chi connectivity index (χ1v) is 9.92. The molecule has 0 saturated carbocycles. The van der Waals surface area contributed by atoms with E-state index in [-0.39, 0.29) is 12.5 Å². The van der Waals surface area contributed by atoms with Crippen molar-refractivity contribution in [3.05, 3.63) is 50.1 Å². The van der Waals surface area contributed by atoms with Crippen LogP contribution in [-0.2, 0) is 11.3 Å². The lowest BCUT2D eigenvalue weighted by atomic mass is 9.88. The lowest BCUT2D eigenvalue weighted by Gasteiger charge is -2.43. The van der Waals surface area contributed by atoms with Crippen LogP contribution in [0.15, 0.2) is 21.9 Å². The zero-order chi connectivity index (χ0) is 21.3. The van der Waals surface area contributed by atoms with Gasteiger partial charge in [-0.05, 0) is 46.6 Å². The van der Waals surface area contributed by atoms with E-state index in [0.717, 1.165) is 11.4 Å². The summed E-state index contributed by atoms with van der Waals surface area (Å²) < 4.78 is 3.28. The minimum atomic E-state index is -1.28. The fourth-order valence-corrected chi connectivity index (χ4v) is 4.07. The molecule has 0 spiro atoms. The van der Waals surface area contributed by atoms with Crippen LogP contribution in [-0.4, -0.2) is 53.9 Å². The second kappa shape index (κ2) is 7.98. The van der Waals surface area contributed by atoms with Gasteiger partial charge in [0.25, 0.3) is 5.56 Å². The Morgan fingerprint density at radius 3 is 2.69 bits per heavy atom. The van der Waals surface area contributed by atoms with Gasteiger partial charge in [0.1, 0.15) is 5.60 Å². The molecule has 1 aliphatic heterocycles. The number of piperidine rings is 1. The number of carbonyl (C=O) groups excluding carboxylic acids is 1. The van der Waals surface area contributed by atoms with Crippen LogP contribution < -0.4 is 11.2 Å². The number of aromatic nitrogens is 4. The van der Waals surface area contributed by atoms with Crippen LogP contribution in [0.25, 0.3) is 0 Å². The number of aliphatic hydroxyl groups is 1. The van der Waals surface area contributed by atoms with Crippen molar-refractivity contribution >= 4 is 5.91 Å². The van der Waals surface area contributed by atoms with Gasteiger partial charge < -0.3 is 10.0 Å². The van der Waals surface area contributed by atoms with Gasteiger partial charge in [-0.2, -0.15) is 5.10 Å². The molecule has 0 aromatic carbocycles. The zero-order valence-electron chi connectivity index (χ0n) is 17.4. The van der Waals surface area contributed by atoms with Crippen molar-refractivity contribution in [2.75, 3.05) is 13.1 Å². The molecule has 1 fully saturated rings. The minimum absolute atomic E-state index is 0.0183. The first-order valence-electron chi connectivity index (χ1n) is 9.92. The Hall–Kier alpha value is -2.68. The maximum atomic E-state index is 12.6. The summed E-state index contributed by atoms with van der Waals surface area (Å²) >= 11 is 0. The quantitative estimate of drug-likeness (QED) is 0.762. The summed E-state index contributed by atoms with van der Waals surface area (Å²) in [6, 6.07) is 1.49. The third-order valence-electron chi connectivity index (χ3n) is 5.60. The van der Waals surface area contributed by atoms with E-state index in [0.29, 0.717) is 37.9 Å². The molecule has 1 aliphatic rings. The van der Waals surface area contributed by atoms with Crippen LogP contribution in [0.1, 0.15) is 49.2 Å². The van der Waals surface area contributed by atoms with E-state index in [1.165, 1.54) is 10.8 Å². The number of β-amino-alcohol motifs (C(OH)–C–C–N with tert-alkyl or cyclic N) is 1. The molecule has 2 atom stereocenters. The van der Waals surface area contributed by atoms with E-state index in [1.807, 2.05) is 24.6 Å². The van der Waals surface area contributed by atoms with E-state index in [4.69, 9.17) is 0 Å². The van der Waals surface area contributed by atoms with Crippen molar-refractivity contribution in [1.29, 1.82) is 0 Å². The normalized spacial score (nSPS) is 22.1. The molecule has 2 N–H and O–H groups in total. The molecule has 29 heavy (non-hydrogen) atoms. The molecule has 1 amide bonds. The number of rotatable bonds is 5. The lowest BCUT2D eigenvalue weighted by Crippen LogP contribution is -2.56. The maximum Gasteiger partial charge on any atom is 0.328 e. The lowest BCUT2D eigenvalue weighted by molar-refractivity contribution is -0.140. The van der Waals surface area contributed by atoms with Crippen molar-refractivity contribution in [1.82, 2.24) is 24.2 Å². The Labute approximate surface area is 169 Å². The van der Waals surface area contributed by atoms with Gasteiger partial charge in [-0.25, -0.2) is 4.79 Å². The first kappa shape index (κ1) is 21.0. The third-order valence-corrected chi connectivity index (χ3v) is 5.60. The van der Waals surface area contributed by atoms with Crippen molar-refractivity contribution < 1.29 is 9.90 Å². The Kier molecular flexibility index (Phi) is 5.79. The Balaban J connectivity index is 1.63. The van der Waals surface area contributed by atoms with Gasteiger partial charge in [-0.3, -0.25) is 23.8 Å². The standard InChI is InChI=1S/C20H29N5O4/c1-13-11-24(19(28)21-18(13)27)16-7-9-23(12-20(16,4)29)17(26)6-5-8-25-15(3)10-14(2)22-25/h10-11,16,29H,5-9,12H2,1-4H3,(H,21,27,28)/t16-,20-/m0/s1. The first-order chi connectivity index (χ1) is 13.6. The average Bonchev–Trinajstić information content (AvgIpc) is 2.95.